The Labute approximate surface area is 200 Å². The minimum atomic E-state index is -1.21. The van der Waals surface area contributed by atoms with Crippen LogP contribution in [0.25, 0.3) is 0 Å². The molecule has 0 aromatic heterocycles. The van der Waals surface area contributed by atoms with Gasteiger partial charge in [0.05, 0.1) is 23.3 Å². The first-order valence-electron chi connectivity index (χ1n) is 11.6. The summed E-state index contributed by atoms with van der Waals surface area (Å²) in [6.07, 6.45) is 0. The highest BCUT2D eigenvalue weighted by molar-refractivity contribution is 7.59. The second-order valence-corrected chi connectivity index (χ2v) is 58.9. The molecule has 0 aliphatic rings. The van der Waals surface area contributed by atoms with Gasteiger partial charge in [-0.05, 0) is 8.13 Å². The van der Waals surface area contributed by atoms with Gasteiger partial charge in [-0.15, -0.1) is 11.1 Å². The summed E-state index contributed by atoms with van der Waals surface area (Å²) in [4.78, 5) is 2.14. The maximum Gasteiger partial charge on any atom is 0.0822 e. The van der Waals surface area contributed by atoms with Crippen LogP contribution in [0.15, 0.2) is 0 Å². The van der Waals surface area contributed by atoms with Gasteiger partial charge in [-0.3, -0.25) is 0 Å². The van der Waals surface area contributed by atoms with Gasteiger partial charge >= 0.3 is 0 Å². The summed E-state index contributed by atoms with van der Waals surface area (Å²) in [5.41, 5.74) is 1.73. The molecule has 0 bridgehead atoms. The highest BCUT2D eigenvalue weighted by atomic mass is 35.6. The first kappa shape index (κ1) is 31.0. The molecule has 0 aromatic rings. The molecule has 29 heavy (non-hydrogen) atoms. The first-order valence-corrected chi connectivity index (χ1v) is 35.7. The SMILES string of the molecule is CC(C)[Si]([Si]=[Si](Cl)[Si](C(C)C)C([Si](C)(C)C)[Si](C)(C)C)C([Si](C)(C)C)[Si](C)(C)C. The zero-order chi connectivity index (χ0) is 23.7. The molecule has 0 rings (SSSR count). The van der Waals surface area contributed by atoms with Crippen LogP contribution in [0.2, 0.25) is 99.2 Å². The molecule has 9 heteroatoms. The second kappa shape index (κ2) is 11.0. The van der Waals surface area contributed by atoms with Crippen LogP contribution in [-0.4, -0.2) is 63.8 Å². The van der Waals surface area contributed by atoms with E-state index >= 15 is 0 Å². The third-order valence-electron chi connectivity index (χ3n) is 5.84. The molecule has 0 amide bonds. The fraction of sp³-hybridized carbons (Fsp3) is 1.00. The van der Waals surface area contributed by atoms with E-state index in [-0.39, 0.29) is 0 Å². The third-order valence-corrected chi connectivity index (χ3v) is 68.8. The minimum Gasteiger partial charge on any atom is -0.149 e. The van der Waals surface area contributed by atoms with Crippen molar-refractivity contribution < 1.29 is 0 Å². The molecule has 0 fully saturated rings. The van der Waals surface area contributed by atoms with Crippen molar-refractivity contribution in [2.45, 2.75) is 127 Å². The molecule has 0 aromatic carbocycles. The molecule has 0 nitrogen and oxygen atoms in total. The van der Waals surface area contributed by atoms with Gasteiger partial charge in [0.1, 0.15) is 0 Å². The molecule has 0 aliphatic carbocycles. The van der Waals surface area contributed by atoms with Crippen LogP contribution in [0.5, 0.6) is 0 Å². The number of hydrogen-bond acceptors (Lipinski definition) is 0. The van der Waals surface area contributed by atoms with Gasteiger partial charge < -0.3 is 0 Å². The average molecular weight is 553 g/mol. The quantitative estimate of drug-likeness (QED) is 0.190. The van der Waals surface area contributed by atoms with E-state index < -0.39 is 55.6 Å². The lowest BCUT2D eigenvalue weighted by molar-refractivity contribution is 1.04. The van der Waals surface area contributed by atoms with Crippen LogP contribution in [0.3, 0.4) is 0 Å². The van der Waals surface area contributed by atoms with Crippen molar-refractivity contribution in [3.05, 3.63) is 0 Å². The Kier molecular flexibility index (Phi) is 11.7. The molecular weight excluding hydrogens is 500 g/mol. The number of halogens is 1. The van der Waals surface area contributed by atoms with Gasteiger partial charge in [-0.25, -0.2) is 0 Å². The van der Waals surface area contributed by atoms with Crippen molar-refractivity contribution in [3.8, 4) is 0 Å². The van der Waals surface area contributed by atoms with Gasteiger partial charge in [-0.2, -0.15) is 0 Å². The summed E-state index contributed by atoms with van der Waals surface area (Å²) in [5.74, 6) is 0. The lowest BCUT2D eigenvalue weighted by atomic mass is 10.6. The number of rotatable bonds is 10. The van der Waals surface area contributed by atoms with Crippen molar-refractivity contribution in [1.29, 1.82) is 0 Å². The molecule has 0 unspecified atom stereocenters. The normalized spacial score (nSPS) is 15.8. The molecule has 0 saturated heterocycles. The zero-order valence-corrected chi connectivity index (χ0v) is 31.4. The zero-order valence-electron chi connectivity index (χ0n) is 22.7. The minimum absolute atomic E-state index is 0.394. The van der Waals surface area contributed by atoms with Crippen LogP contribution in [0, 0.1) is 0 Å². The summed E-state index contributed by atoms with van der Waals surface area (Å²) in [6, 6.07) is 0. The van der Waals surface area contributed by atoms with Crippen molar-refractivity contribution in [2.75, 3.05) is 0 Å². The van der Waals surface area contributed by atoms with Crippen molar-refractivity contribution >= 4 is 74.9 Å². The second-order valence-electron chi connectivity index (χ2n) is 14.0. The maximum absolute atomic E-state index is 7.69. The molecule has 0 aliphatic heterocycles. The summed E-state index contributed by atoms with van der Waals surface area (Å²) >= 11 is 7.69. The van der Waals surface area contributed by atoms with Gasteiger partial charge in [-0.1, -0.05) is 127 Å². The smallest absolute Gasteiger partial charge is 0.0822 e. The molecule has 0 N–H and O–H groups in total. The fourth-order valence-electron chi connectivity index (χ4n) is 5.93. The molecule has 0 atom stereocenters. The van der Waals surface area contributed by atoms with Crippen molar-refractivity contribution in [1.82, 2.24) is 0 Å². The van der Waals surface area contributed by atoms with E-state index in [2.05, 4.69) is 106 Å². The largest absolute Gasteiger partial charge is 0.149 e. The predicted octanol–water partition coefficient (Wildman–Crippen LogP) is 8.05. The molecule has 0 saturated carbocycles. The summed E-state index contributed by atoms with van der Waals surface area (Å²) in [5, 5.41) is 0. The van der Waals surface area contributed by atoms with Crippen LogP contribution in [0.4, 0.5) is 0 Å². The first-order chi connectivity index (χ1) is 12.5. The van der Waals surface area contributed by atoms with E-state index in [1.165, 1.54) is 0 Å². The van der Waals surface area contributed by atoms with E-state index in [0.717, 1.165) is 28.8 Å². The van der Waals surface area contributed by atoms with Crippen molar-refractivity contribution in [3.63, 3.8) is 0 Å². The van der Waals surface area contributed by atoms with E-state index in [1.54, 1.807) is 0 Å². The Bertz CT molecular complexity index is 519. The molecule has 0 spiro atoms. The Balaban J connectivity index is 6.58. The Morgan fingerprint density at radius 2 is 0.862 bits per heavy atom. The van der Waals surface area contributed by atoms with Gasteiger partial charge in [0.15, 0.2) is 0 Å². The summed E-state index contributed by atoms with van der Waals surface area (Å²) < 4.78 is 0. The number of hydrogen-bond donors (Lipinski definition) is 0. The molecular formula is C20H52ClSi8. The van der Waals surface area contributed by atoms with Crippen molar-refractivity contribution in [2.24, 2.45) is 0 Å². The van der Waals surface area contributed by atoms with Crippen LogP contribution in [-0.2, 0) is 0 Å². The van der Waals surface area contributed by atoms with E-state index in [0.29, 0.717) is 0 Å². The van der Waals surface area contributed by atoms with E-state index in [9.17, 15) is 0 Å². The van der Waals surface area contributed by atoms with E-state index in [1.807, 2.05) is 0 Å². The average Bonchev–Trinajstić information content (AvgIpc) is 2.36. The third kappa shape index (κ3) is 9.42. The topological polar surface area (TPSA) is 0 Å². The molecule has 3 radical (unpaired) electrons. The van der Waals surface area contributed by atoms with Crippen LogP contribution < -0.4 is 0 Å². The Morgan fingerprint density at radius 3 is 1.07 bits per heavy atom. The molecule has 0 heterocycles. The van der Waals surface area contributed by atoms with Crippen LogP contribution >= 0.6 is 11.1 Å². The fourth-order valence-corrected chi connectivity index (χ4v) is 105. The lowest BCUT2D eigenvalue weighted by Gasteiger charge is -2.46. The molecule has 171 valence electrons. The standard InChI is InChI=1S/C20H52ClSi8/c1-17(2)23(19(26(5,6)7)27(8,9)10)22-25(21)24(18(3)4)20(28(11,12)13)29(14,15)16/h17-20H,1-16H3. The van der Waals surface area contributed by atoms with E-state index in [4.69, 9.17) is 11.1 Å². The van der Waals surface area contributed by atoms with Gasteiger partial charge in [0.25, 0.3) is 0 Å². The Hall–Kier alpha value is 2.03. The summed E-state index contributed by atoms with van der Waals surface area (Å²) in [7, 11) is -4.49. The lowest BCUT2D eigenvalue weighted by Crippen LogP contribution is -2.58. The Morgan fingerprint density at radius 1 is 0.552 bits per heavy atom. The predicted molar refractivity (Wildman–Crippen MR) is 160 cm³/mol. The maximum atomic E-state index is 7.69. The highest BCUT2D eigenvalue weighted by Gasteiger charge is 2.48. The highest BCUT2D eigenvalue weighted by Crippen LogP contribution is 2.40. The van der Waals surface area contributed by atoms with Crippen LogP contribution in [0.1, 0.15) is 27.7 Å². The summed E-state index contributed by atoms with van der Waals surface area (Å²) in [6.45, 7) is 41.3. The van der Waals surface area contributed by atoms with Gasteiger partial charge in [0, 0.05) is 32.3 Å². The van der Waals surface area contributed by atoms with Gasteiger partial charge in [0.2, 0.25) is 0 Å². The monoisotopic (exact) mass is 551 g/mol.